The van der Waals surface area contributed by atoms with Crippen LogP contribution in [0.2, 0.25) is 10.0 Å². The molecule has 1 aliphatic heterocycles. The smallest absolute Gasteiger partial charge is 0.338 e. The van der Waals surface area contributed by atoms with Crippen molar-refractivity contribution in [2.75, 3.05) is 20.8 Å². The molecule has 36 heavy (non-hydrogen) atoms. The number of rotatable bonds is 6. The second-order valence-electron chi connectivity index (χ2n) is 7.74. The Morgan fingerprint density at radius 1 is 1.22 bits per heavy atom. The van der Waals surface area contributed by atoms with Crippen LogP contribution in [0.15, 0.2) is 51.4 Å². The molecule has 0 spiro atoms. The highest BCUT2D eigenvalue weighted by Crippen LogP contribution is 2.38. The van der Waals surface area contributed by atoms with Gasteiger partial charge in [-0.2, -0.15) is 0 Å². The Kier molecular flexibility index (Phi) is 7.44. The second kappa shape index (κ2) is 10.4. The zero-order chi connectivity index (χ0) is 26.1. The Hall–Kier alpha value is -3.27. The summed E-state index contributed by atoms with van der Waals surface area (Å²) in [6.07, 6.45) is 1.49. The van der Waals surface area contributed by atoms with E-state index in [2.05, 4.69) is 4.99 Å². The maximum atomic E-state index is 13.8. The van der Waals surface area contributed by atoms with Crippen LogP contribution in [0.3, 0.4) is 0 Å². The van der Waals surface area contributed by atoms with Crippen LogP contribution in [0, 0.1) is 0 Å². The fourth-order valence-corrected chi connectivity index (χ4v) is 5.52. The molecule has 0 aliphatic carbocycles. The number of ether oxygens (including phenoxy) is 3. The second-order valence-corrected chi connectivity index (χ2v) is 9.59. The number of aromatic nitrogens is 1. The molecule has 1 aromatic heterocycles. The van der Waals surface area contributed by atoms with Crippen molar-refractivity contribution in [3.05, 3.63) is 82.5 Å². The summed E-state index contributed by atoms with van der Waals surface area (Å²) in [6, 6.07) is 7.14. The standard InChI is InChI=1S/C25H22Cl2N2O6S/c1-5-35-24(32)20-12(2)28-25-29(21(20)16-11-15(33-3)6-7-18(16)34-4)23(31)19(36-25)9-13-8-14(26)10-17(27)22(13)30/h6-11,21,30H,5H2,1-4H3/t21-/m0/s1. The van der Waals surface area contributed by atoms with Crippen LogP contribution in [0.4, 0.5) is 0 Å². The first kappa shape index (κ1) is 25.8. The van der Waals surface area contributed by atoms with E-state index in [-0.39, 0.29) is 33.0 Å². The molecule has 188 valence electrons. The first-order valence-corrected chi connectivity index (χ1v) is 12.4. The van der Waals surface area contributed by atoms with Gasteiger partial charge in [-0.3, -0.25) is 9.36 Å². The number of halogens is 2. The SMILES string of the molecule is CCOC(=O)C1=C(C)N=c2sc(=Cc3cc(Cl)cc(Cl)c3O)c(=O)n2[C@H]1c1cc(OC)ccc1OC. The maximum absolute atomic E-state index is 13.8. The number of benzene rings is 2. The van der Waals surface area contributed by atoms with Crippen molar-refractivity contribution in [3.8, 4) is 17.2 Å². The fraction of sp³-hybridized carbons (Fsp3) is 0.240. The lowest BCUT2D eigenvalue weighted by Crippen LogP contribution is -2.40. The van der Waals surface area contributed by atoms with Crippen LogP contribution in [0.5, 0.6) is 17.2 Å². The summed E-state index contributed by atoms with van der Waals surface area (Å²) in [6.45, 7) is 3.54. The molecule has 2 heterocycles. The van der Waals surface area contributed by atoms with Crippen molar-refractivity contribution in [1.29, 1.82) is 0 Å². The van der Waals surface area contributed by atoms with E-state index >= 15 is 0 Å². The van der Waals surface area contributed by atoms with E-state index in [1.54, 1.807) is 32.0 Å². The van der Waals surface area contributed by atoms with Gasteiger partial charge in [0.15, 0.2) is 4.80 Å². The monoisotopic (exact) mass is 548 g/mol. The van der Waals surface area contributed by atoms with E-state index in [1.165, 1.54) is 37.0 Å². The quantitative estimate of drug-likeness (QED) is 0.470. The average molecular weight is 549 g/mol. The lowest BCUT2D eigenvalue weighted by molar-refractivity contribution is -0.139. The third-order valence-electron chi connectivity index (χ3n) is 5.59. The number of methoxy groups -OCH3 is 2. The maximum Gasteiger partial charge on any atom is 0.338 e. The fourth-order valence-electron chi connectivity index (χ4n) is 3.98. The highest BCUT2D eigenvalue weighted by Gasteiger charge is 2.35. The van der Waals surface area contributed by atoms with E-state index in [1.807, 2.05) is 0 Å². The number of carbonyl (C=O) groups excluding carboxylic acids is 1. The first-order valence-electron chi connectivity index (χ1n) is 10.8. The normalized spacial score (nSPS) is 15.4. The summed E-state index contributed by atoms with van der Waals surface area (Å²) in [4.78, 5) is 31.7. The number of phenols is 1. The van der Waals surface area contributed by atoms with Crippen LogP contribution in [0.25, 0.3) is 6.08 Å². The topological polar surface area (TPSA) is 99.4 Å². The highest BCUT2D eigenvalue weighted by molar-refractivity contribution is 7.07. The molecule has 3 aromatic rings. The minimum absolute atomic E-state index is 0.0564. The van der Waals surface area contributed by atoms with Crippen molar-refractivity contribution in [2.24, 2.45) is 4.99 Å². The predicted molar refractivity (Wildman–Crippen MR) is 138 cm³/mol. The van der Waals surface area contributed by atoms with Gasteiger partial charge >= 0.3 is 5.97 Å². The van der Waals surface area contributed by atoms with Gasteiger partial charge in [-0.1, -0.05) is 34.5 Å². The van der Waals surface area contributed by atoms with Gasteiger partial charge < -0.3 is 19.3 Å². The zero-order valence-electron chi connectivity index (χ0n) is 19.8. The van der Waals surface area contributed by atoms with Crippen molar-refractivity contribution in [2.45, 2.75) is 19.9 Å². The Bertz CT molecular complexity index is 1570. The van der Waals surface area contributed by atoms with Crippen LogP contribution in [-0.2, 0) is 9.53 Å². The Morgan fingerprint density at radius 2 is 1.97 bits per heavy atom. The number of hydrogen-bond donors (Lipinski definition) is 1. The largest absolute Gasteiger partial charge is 0.506 e. The van der Waals surface area contributed by atoms with E-state index in [4.69, 9.17) is 37.4 Å². The lowest BCUT2D eigenvalue weighted by atomic mass is 9.94. The number of fused-ring (bicyclic) bond motifs is 1. The molecule has 0 radical (unpaired) electrons. The van der Waals surface area contributed by atoms with Gasteiger partial charge in [0, 0.05) is 16.1 Å². The van der Waals surface area contributed by atoms with Gasteiger partial charge in [0.1, 0.15) is 23.3 Å². The van der Waals surface area contributed by atoms with Crippen LogP contribution >= 0.6 is 34.5 Å². The van der Waals surface area contributed by atoms with Gasteiger partial charge in [0.2, 0.25) is 0 Å². The number of thiazole rings is 1. The molecule has 0 amide bonds. The molecule has 11 heteroatoms. The van der Waals surface area contributed by atoms with E-state index < -0.39 is 17.6 Å². The molecule has 1 atom stereocenters. The number of carbonyl (C=O) groups is 1. The number of esters is 1. The first-order chi connectivity index (χ1) is 17.2. The molecule has 1 N–H and O–H groups in total. The Labute approximate surface area is 220 Å². The minimum atomic E-state index is -0.899. The van der Waals surface area contributed by atoms with Crippen molar-refractivity contribution in [3.63, 3.8) is 0 Å². The van der Waals surface area contributed by atoms with E-state index in [0.29, 0.717) is 32.6 Å². The number of hydrogen-bond acceptors (Lipinski definition) is 8. The summed E-state index contributed by atoms with van der Waals surface area (Å²) in [5.74, 6) is 0.166. The summed E-state index contributed by atoms with van der Waals surface area (Å²) < 4.78 is 18.0. The molecule has 0 bridgehead atoms. The van der Waals surface area contributed by atoms with E-state index in [0.717, 1.165) is 11.3 Å². The minimum Gasteiger partial charge on any atom is -0.506 e. The van der Waals surface area contributed by atoms with Crippen LogP contribution < -0.4 is 24.4 Å². The van der Waals surface area contributed by atoms with Crippen molar-refractivity contribution < 1.29 is 24.1 Å². The van der Waals surface area contributed by atoms with Gasteiger partial charge in [-0.05, 0) is 50.3 Å². The lowest BCUT2D eigenvalue weighted by Gasteiger charge is -2.26. The van der Waals surface area contributed by atoms with Crippen LogP contribution in [-0.4, -0.2) is 36.5 Å². The van der Waals surface area contributed by atoms with Gasteiger partial charge in [-0.25, -0.2) is 9.79 Å². The molecule has 8 nitrogen and oxygen atoms in total. The Morgan fingerprint density at radius 3 is 2.64 bits per heavy atom. The molecular formula is C25H22Cl2N2O6S. The number of aromatic hydroxyl groups is 1. The van der Waals surface area contributed by atoms with Crippen molar-refractivity contribution in [1.82, 2.24) is 4.57 Å². The number of nitrogens with zero attached hydrogens (tertiary/aromatic N) is 2. The van der Waals surface area contributed by atoms with Crippen LogP contribution in [0.1, 0.15) is 31.0 Å². The molecule has 1 aliphatic rings. The Balaban J connectivity index is 2.04. The molecule has 0 fully saturated rings. The molecule has 0 saturated carbocycles. The van der Waals surface area contributed by atoms with Gasteiger partial charge in [0.05, 0.1) is 41.7 Å². The summed E-state index contributed by atoms with van der Waals surface area (Å²) >= 11 is 13.3. The molecule has 0 unspecified atom stereocenters. The van der Waals surface area contributed by atoms with E-state index in [9.17, 15) is 14.7 Å². The van der Waals surface area contributed by atoms with Crippen molar-refractivity contribution >= 4 is 46.6 Å². The molecule has 0 saturated heterocycles. The predicted octanol–water partition coefficient (Wildman–Crippen LogP) is 3.83. The van der Waals surface area contributed by atoms with Gasteiger partial charge in [0.25, 0.3) is 5.56 Å². The highest BCUT2D eigenvalue weighted by atomic mass is 35.5. The molecular weight excluding hydrogens is 527 g/mol. The number of allylic oxidation sites excluding steroid dienone is 1. The molecule has 2 aromatic carbocycles. The van der Waals surface area contributed by atoms with Gasteiger partial charge in [-0.15, -0.1) is 0 Å². The summed E-state index contributed by atoms with van der Waals surface area (Å²) in [7, 11) is 3.02. The molecule has 4 rings (SSSR count). The third kappa shape index (κ3) is 4.61. The third-order valence-corrected chi connectivity index (χ3v) is 7.08. The summed E-state index contributed by atoms with van der Waals surface area (Å²) in [5, 5.41) is 10.8. The summed E-state index contributed by atoms with van der Waals surface area (Å²) in [5.41, 5.74) is 0.976. The number of phenolic OH excluding ortho intramolecular Hbond substituents is 1. The zero-order valence-corrected chi connectivity index (χ0v) is 22.1. The average Bonchev–Trinajstić information content (AvgIpc) is 3.15.